The van der Waals surface area contributed by atoms with Crippen molar-refractivity contribution < 1.29 is 4.79 Å². The predicted molar refractivity (Wildman–Crippen MR) is 76.0 cm³/mol. The molecule has 0 fully saturated rings. The molecule has 0 saturated heterocycles. The average molecular weight is 255 g/mol. The van der Waals surface area contributed by atoms with E-state index in [0.29, 0.717) is 0 Å². The predicted octanol–water partition coefficient (Wildman–Crippen LogP) is 2.23. The summed E-state index contributed by atoms with van der Waals surface area (Å²) in [6.07, 6.45) is 3.64. The maximum atomic E-state index is 11.0. The van der Waals surface area contributed by atoms with Gasteiger partial charge < -0.3 is 11.1 Å². The van der Waals surface area contributed by atoms with E-state index in [0.717, 1.165) is 25.1 Å². The van der Waals surface area contributed by atoms with Crippen LogP contribution in [0.5, 0.6) is 0 Å². The van der Waals surface area contributed by atoms with Gasteiger partial charge in [-0.25, -0.2) is 0 Å². The van der Waals surface area contributed by atoms with Crippen LogP contribution in [0, 0.1) is 0 Å². The highest BCUT2D eigenvalue weighted by molar-refractivity contribution is 5.91. The largest absolute Gasteiger partial charge is 0.385 e. The fourth-order valence-corrected chi connectivity index (χ4v) is 1.85. The SMILES string of the molecule is NC(=O)c1cc(NCCCc2ccccc2)ccn1. The number of nitrogens with zero attached hydrogens (tertiary/aromatic N) is 1. The van der Waals surface area contributed by atoms with Crippen LogP contribution in [0.2, 0.25) is 0 Å². The number of primary amides is 1. The number of pyridine rings is 1. The molecule has 0 aliphatic rings. The molecule has 4 nitrogen and oxygen atoms in total. The number of carbonyl (C=O) groups excluding carboxylic acids is 1. The maximum Gasteiger partial charge on any atom is 0.267 e. The number of hydrogen-bond acceptors (Lipinski definition) is 3. The van der Waals surface area contributed by atoms with E-state index in [2.05, 4.69) is 22.4 Å². The topological polar surface area (TPSA) is 68.0 Å². The van der Waals surface area contributed by atoms with Crippen LogP contribution < -0.4 is 11.1 Å². The molecule has 0 saturated carbocycles. The molecular formula is C15H17N3O. The molecule has 0 aliphatic heterocycles. The summed E-state index contributed by atoms with van der Waals surface area (Å²) in [7, 11) is 0. The standard InChI is InChI=1S/C15H17N3O/c16-15(19)14-11-13(8-10-18-14)17-9-4-7-12-5-2-1-3-6-12/h1-3,5-6,8,10-11H,4,7,9H2,(H2,16,19)(H,17,18). The van der Waals surface area contributed by atoms with Crippen LogP contribution in [-0.4, -0.2) is 17.4 Å². The van der Waals surface area contributed by atoms with Gasteiger partial charge in [-0.1, -0.05) is 30.3 Å². The van der Waals surface area contributed by atoms with Crippen LogP contribution >= 0.6 is 0 Å². The molecule has 1 aromatic heterocycles. The van der Waals surface area contributed by atoms with Crippen molar-refractivity contribution in [2.45, 2.75) is 12.8 Å². The molecule has 4 heteroatoms. The highest BCUT2D eigenvalue weighted by Gasteiger charge is 2.02. The van der Waals surface area contributed by atoms with E-state index in [9.17, 15) is 4.79 Å². The van der Waals surface area contributed by atoms with Crippen molar-refractivity contribution in [1.29, 1.82) is 0 Å². The Labute approximate surface area is 112 Å². The van der Waals surface area contributed by atoms with Crippen molar-refractivity contribution in [3.8, 4) is 0 Å². The van der Waals surface area contributed by atoms with Gasteiger partial charge in [0.1, 0.15) is 5.69 Å². The second kappa shape index (κ2) is 6.54. The van der Waals surface area contributed by atoms with Gasteiger partial charge in [0, 0.05) is 18.4 Å². The molecule has 2 aromatic rings. The Morgan fingerprint density at radius 1 is 1.21 bits per heavy atom. The molecule has 1 heterocycles. The van der Waals surface area contributed by atoms with Crippen molar-refractivity contribution in [1.82, 2.24) is 4.98 Å². The third-order valence-electron chi connectivity index (χ3n) is 2.83. The van der Waals surface area contributed by atoms with Crippen LogP contribution in [-0.2, 0) is 6.42 Å². The minimum Gasteiger partial charge on any atom is -0.385 e. The number of hydrogen-bond donors (Lipinski definition) is 2. The van der Waals surface area contributed by atoms with Crippen molar-refractivity contribution in [2.24, 2.45) is 5.73 Å². The van der Waals surface area contributed by atoms with E-state index in [1.807, 2.05) is 24.3 Å². The first-order valence-corrected chi connectivity index (χ1v) is 6.29. The maximum absolute atomic E-state index is 11.0. The summed E-state index contributed by atoms with van der Waals surface area (Å²) in [5.74, 6) is -0.507. The normalized spacial score (nSPS) is 10.1. The lowest BCUT2D eigenvalue weighted by Gasteiger charge is -2.07. The fourth-order valence-electron chi connectivity index (χ4n) is 1.85. The Balaban J connectivity index is 1.80. The van der Waals surface area contributed by atoms with Gasteiger partial charge >= 0.3 is 0 Å². The van der Waals surface area contributed by atoms with E-state index >= 15 is 0 Å². The first-order valence-electron chi connectivity index (χ1n) is 6.29. The summed E-state index contributed by atoms with van der Waals surface area (Å²) in [6, 6.07) is 13.9. The monoisotopic (exact) mass is 255 g/mol. The molecule has 0 radical (unpaired) electrons. The van der Waals surface area contributed by atoms with Gasteiger partial charge in [-0.05, 0) is 30.5 Å². The Morgan fingerprint density at radius 2 is 2.00 bits per heavy atom. The number of aromatic nitrogens is 1. The number of anilines is 1. The van der Waals surface area contributed by atoms with Gasteiger partial charge in [0.2, 0.25) is 0 Å². The number of amides is 1. The van der Waals surface area contributed by atoms with Gasteiger partial charge in [0.25, 0.3) is 5.91 Å². The first-order chi connectivity index (χ1) is 9.25. The lowest BCUT2D eigenvalue weighted by atomic mass is 10.1. The van der Waals surface area contributed by atoms with Crippen molar-refractivity contribution in [3.05, 3.63) is 59.9 Å². The number of aryl methyl sites for hydroxylation is 1. The van der Waals surface area contributed by atoms with Crippen LogP contribution in [0.15, 0.2) is 48.7 Å². The second-order valence-corrected chi connectivity index (χ2v) is 4.31. The van der Waals surface area contributed by atoms with Gasteiger partial charge in [-0.15, -0.1) is 0 Å². The Morgan fingerprint density at radius 3 is 2.74 bits per heavy atom. The zero-order valence-corrected chi connectivity index (χ0v) is 10.7. The average Bonchev–Trinajstić information content (AvgIpc) is 2.45. The lowest BCUT2D eigenvalue weighted by Crippen LogP contribution is -2.13. The lowest BCUT2D eigenvalue weighted by molar-refractivity contribution is 0.0995. The molecule has 1 aromatic carbocycles. The first kappa shape index (κ1) is 13.1. The Kier molecular flexibility index (Phi) is 4.50. The third kappa shape index (κ3) is 4.10. The van der Waals surface area contributed by atoms with Crippen LogP contribution in [0.25, 0.3) is 0 Å². The summed E-state index contributed by atoms with van der Waals surface area (Å²) in [5.41, 5.74) is 7.67. The van der Waals surface area contributed by atoms with Crippen LogP contribution in [0.4, 0.5) is 5.69 Å². The van der Waals surface area contributed by atoms with Gasteiger partial charge in [-0.2, -0.15) is 0 Å². The molecule has 98 valence electrons. The van der Waals surface area contributed by atoms with Gasteiger partial charge in [0.15, 0.2) is 0 Å². The van der Waals surface area contributed by atoms with Gasteiger partial charge in [-0.3, -0.25) is 9.78 Å². The molecule has 0 unspecified atom stereocenters. The summed E-state index contributed by atoms with van der Waals surface area (Å²) in [4.78, 5) is 14.9. The number of benzene rings is 1. The molecule has 2 rings (SSSR count). The summed E-state index contributed by atoms with van der Waals surface area (Å²) < 4.78 is 0. The van der Waals surface area contributed by atoms with E-state index in [1.54, 1.807) is 12.3 Å². The van der Waals surface area contributed by atoms with Crippen molar-refractivity contribution >= 4 is 11.6 Å². The number of rotatable bonds is 6. The molecule has 19 heavy (non-hydrogen) atoms. The second-order valence-electron chi connectivity index (χ2n) is 4.31. The van der Waals surface area contributed by atoms with Crippen LogP contribution in [0.1, 0.15) is 22.5 Å². The van der Waals surface area contributed by atoms with Crippen molar-refractivity contribution in [3.63, 3.8) is 0 Å². The van der Waals surface area contributed by atoms with E-state index in [-0.39, 0.29) is 5.69 Å². The quantitative estimate of drug-likeness (QED) is 0.778. The van der Waals surface area contributed by atoms with E-state index < -0.39 is 5.91 Å². The minimum atomic E-state index is -0.507. The Bertz CT molecular complexity index is 540. The summed E-state index contributed by atoms with van der Waals surface area (Å²) >= 11 is 0. The number of nitrogens with one attached hydrogen (secondary N) is 1. The third-order valence-corrected chi connectivity index (χ3v) is 2.83. The molecule has 3 N–H and O–H groups in total. The van der Waals surface area contributed by atoms with Crippen LogP contribution in [0.3, 0.4) is 0 Å². The highest BCUT2D eigenvalue weighted by Crippen LogP contribution is 2.08. The zero-order chi connectivity index (χ0) is 13.5. The van der Waals surface area contributed by atoms with E-state index in [4.69, 9.17) is 5.73 Å². The molecule has 0 bridgehead atoms. The van der Waals surface area contributed by atoms with Gasteiger partial charge in [0.05, 0.1) is 0 Å². The van der Waals surface area contributed by atoms with E-state index in [1.165, 1.54) is 5.56 Å². The smallest absolute Gasteiger partial charge is 0.267 e. The zero-order valence-electron chi connectivity index (χ0n) is 10.7. The molecule has 0 atom stereocenters. The molecule has 1 amide bonds. The number of carbonyl (C=O) groups is 1. The molecule has 0 aliphatic carbocycles. The summed E-state index contributed by atoms with van der Waals surface area (Å²) in [5, 5.41) is 3.26. The summed E-state index contributed by atoms with van der Waals surface area (Å²) in [6.45, 7) is 0.844. The fraction of sp³-hybridized carbons (Fsp3) is 0.200. The highest BCUT2D eigenvalue weighted by atomic mass is 16.1. The molecular weight excluding hydrogens is 238 g/mol. The minimum absolute atomic E-state index is 0.285. The molecule has 0 spiro atoms. The van der Waals surface area contributed by atoms with Crippen molar-refractivity contribution in [2.75, 3.05) is 11.9 Å². The number of nitrogens with two attached hydrogens (primary N) is 1. The Hall–Kier alpha value is -2.36.